The summed E-state index contributed by atoms with van der Waals surface area (Å²) >= 11 is 6.01. The van der Waals surface area contributed by atoms with Crippen LogP contribution in [0.2, 0.25) is 5.02 Å². The van der Waals surface area contributed by atoms with Crippen molar-refractivity contribution in [1.29, 1.82) is 0 Å². The zero-order valence-corrected chi connectivity index (χ0v) is 16.4. The third kappa shape index (κ3) is 5.99. The first-order valence-corrected chi connectivity index (χ1v) is 10.9. The first-order chi connectivity index (χ1) is 12.3. The minimum absolute atomic E-state index is 0.0142. The lowest BCUT2D eigenvalue weighted by atomic mass is 10.1. The van der Waals surface area contributed by atoms with E-state index in [-0.39, 0.29) is 36.5 Å². The summed E-state index contributed by atoms with van der Waals surface area (Å²) in [6, 6.07) is 6.61. The van der Waals surface area contributed by atoms with Crippen LogP contribution in [0.3, 0.4) is 0 Å². The van der Waals surface area contributed by atoms with Crippen molar-refractivity contribution in [2.75, 3.05) is 24.7 Å². The molecule has 1 fully saturated rings. The molecule has 1 aromatic carbocycles. The summed E-state index contributed by atoms with van der Waals surface area (Å²) in [6.45, 7) is 2.08. The van der Waals surface area contributed by atoms with Crippen molar-refractivity contribution < 1.29 is 22.7 Å². The minimum Gasteiger partial charge on any atom is -0.455 e. The molecule has 1 aliphatic rings. The Morgan fingerprint density at radius 1 is 1.31 bits per heavy atom. The van der Waals surface area contributed by atoms with Crippen molar-refractivity contribution in [3.8, 4) is 0 Å². The van der Waals surface area contributed by atoms with Crippen LogP contribution in [0.1, 0.15) is 31.7 Å². The number of esters is 1. The average molecular weight is 402 g/mol. The highest BCUT2D eigenvalue weighted by Crippen LogP contribution is 2.19. The van der Waals surface area contributed by atoms with Gasteiger partial charge in [0.05, 0.1) is 17.9 Å². The molecule has 26 heavy (non-hydrogen) atoms. The largest absolute Gasteiger partial charge is 0.455 e. The second kappa shape index (κ2) is 9.37. The van der Waals surface area contributed by atoms with Crippen LogP contribution in [0, 0.1) is 0 Å². The molecule has 6 nitrogen and oxygen atoms in total. The van der Waals surface area contributed by atoms with E-state index in [0.717, 1.165) is 12.8 Å². The van der Waals surface area contributed by atoms with Crippen molar-refractivity contribution in [3.05, 3.63) is 34.9 Å². The van der Waals surface area contributed by atoms with Crippen LogP contribution in [0.5, 0.6) is 0 Å². The summed E-state index contributed by atoms with van der Waals surface area (Å²) < 4.78 is 28.5. The van der Waals surface area contributed by atoms with E-state index in [1.54, 1.807) is 29.2 Å². The van der Waals surface area contributed by atoms with Crippen LogP contribution >= 0.6 is 11.6 Å². The van der Waals surface area contributed by atoms with E-state index in [2.05, 4.69) is 0 Å². The summed E-state index contributed by atoms with van der Waals surface area (Å²) in [5.74, 6) is -0.815. The topological polar surface area (TPSA) is 80.8 Å². The molecule has 0 N–H and O–H groups in total. The van der Waals surface area contributed by atoms with E-state index in [0.29, 0.717) is 23.6 Å². The first kappa shape index (κ1) is 20.7. The summed E-state index contributed by atoms with van der Waals surface area (Å²) in [5, 5.41) is 0.469. The second-order valence-electron chi connectivity index (χ2n) is 6.43. The molecule has 0 radical (unpaired) electrons. The summed E-state index contributed by atoms with van der Waals surface area (Å²) in [5.41, 5.74) is 0.636. The number of benzene rings is 1. The quantitative estimate of drug-likeness (QED) is 0.624. The fourth-order valence-corrected chi connectivity index (χ4v) is 4.87. The van der Waals surface area contributed by atoms with Gasteiger partial charge in [-0.05, 0) is 24.5 Å². The smallest absolute Gasteiger partial charge is 0.310 e. The fraction of sp³-hybridized carbons (Fsp3) is 0.556. The summed E-state index contributed by atoms with van der Waals surface area (Å²) in [4.78, 5) is 26.0. The standard InChI is InChI=1S/C18H24ClNO5S/c1-2-3-9-20(15-8-10-26(23,24)13-15)17(21)12-25-18(22)11-14-6-4-5-7-16(14)19/h4-7,15H,2-3,8-13H2,1H3. The van der Waals surface area contributed by atoms with Gasteiger partial charge in [-0.15, -0.1) is 0 Å². The van der Waals surface area contributed by atoms with Gasteiger partial charge in [0.1, 0.15) is 0 Å². The number of hydrogen-bond acceptors (Lipinski definition) is 5. The number of carbonyl (C=O) groups excluding carboxylic acids is 2. The Labute approximate surface area is 159 Å². The predicted molar refractivity (Wildman–Crippen MR) is 99.8 cm³/mol. The number of unbranched alkanes of at least 4 members (excludes halogenated alkanes) is 1. The Morgan fingerprint density at radius 3 is 2.65 bits per heavy atom. The number of carbonyl (C=O) groups is 2. The molecule has 0 spiro atoms. The molecule has 0 bridgehead atoms. The van der Waals surface area contributed by atoms with Crippen molar-refractivity contribution in [3.63, 3.8) is 0 Å². The lowest BCUT2D eigenvalue weighted by Gasteiger charge is -2.28. The Morgan fingerprint density at radius 2 is 2.04 bits per heavy atom. The van der Waals surface area contributed by atoms with Crippen LogP contribution in [0.15, 0.2) is 24.3 Å². The number of rotatable bonds is 8. The van der Waals surface area contributed by atoms with Gasteiger partial charge in [0.15, 0.2) is 16.4 Å². The maximum absolute atomic E-state index is 12.5. The van der Waals surface area contributed by atoms with Crippen LogP contribution < -0.4 is 0 Å². The normalized spacial score (nSPS) is 18.5. The fourth-order valence-electron chi connectivity index (χ4n) is 2.93. The zero-order chi connectivity index (χ0) is 19.2. The molecule has 8 heteroatoms. The highest BCUT2D eigenvalue weighted by molar-refractivity contribution is 7.91. The zero-order valence-electron chi connectivity index (χ0n) is 14.8. The summed E-state index contributed by atoms with van der Waals surface area (Å²) in [7, 11) is -3.09. The Hall–Kier alpha value is -1.60. The second-order valence-corrected chi connectivity index (χ2v) is 9.06. The van der Waals surface area contributed by atoms with Crippen molar-refractivity contribution in [2.45, 2.75) is 38.6 Å². The molecule has 0 aromatic heterocycles. The Kier molecular flexibility index (Phi) is 7.46. The molecule has 1 aromatic rings. The lowest BCUT2D eigenvalue weighted by molar-refractivity contribution is -0.152. The first-order valence-electron chi connectivity index (χ1n) is 8.71. The van der Waals surface area contributed by atoms with Gasteiger partial charge in [-0.2, -0.15) is 0 Å². The van der Waals surface area contributed by atoms with Crippen LogP contribution in [-0.4, -0.2) is 55.9 Å². The third-order valence-corrected chi connectivity index (χ3v) is 6.49. The van der Waals surface area contributed by atoms with Gasteiger partial charge in [-0.3, -0.25) is 9.59 Å². The molecular weight excluding hydrogens is 378 g/mol. The van der Waals surface area contributed by atoms with E-state index < -0.39 is 15.8 Å². The van der Waals surface area contributed by atoms with E-state index in [1.165, 1.54) is 0 Å². The monoisotopic (exact) mass is 401 g/mol. The highest BCUT2D eigenvalue weighted by Gasteiger charge is 2.34. The van der Waals surface area contributed by atoms with Gasteiger partial charge >= 0.3 is 5.97 Å². The van der Waals surface area contributed by atoms with E-state index in [9.17, 15) is 18.0 Å². The third-order valence-electron chi connectivity index (χ3n) is 4.37. The van der Waals surface area contributed by atoms with Gasteiger partial charge in [-0.25, -0.2) is 8.42 Å². The molecule has 1 amide bonds. The number of halogens is 1. The Balaban J connectivity index is 1.92. The van der Waals surface area contributed by atoms with Crippen LogP contribution in [0.4, 0.5) is 0 Å². The van der Waals surface area contributed by atoms with E-state index in [4.69, 9.17) is 16.3 Å². The van der Waals surface area contributed by atoms with Gasteiger partial charge in [0, 0.05) is 17.6 Å². The van der Waals surface area contributed by atoms with E-state index in [1.807, 2.05) is 6.92 Å². The van der Waals surface area contributed by atoms with Gasteiger partial charge in [0.2, 0.25) is 0 Å². The van der Waals surface area contributed by atoms with Gasteiger partial charge < -0.3 is 9.64 Å². The van der Waals surface area contributed by atoms with E-state index >= 15 is 0 Å². The molecule has 2 rings (SSSR count). The predicted octanol–water partition coefficient (Wildman–Crippen LogP) is 2.24. The molecule has 0 aliphatic carbocycles. The van der Waals surface area contributed by atoms with Crippen LogP contribution in [0.25, 0.3) is 0 Å². The molecule has 1 unspecified atom stereocenters. The Bertz CT molecular complexity index is 750. The lowest BCUT2D eigenvalue weighted by Crippen LogP contribution is -2.44. The summed E-state index contributed by atoms with van der Waals surface area (Å²) in [6.07, 6.45) is 2.08. The number of nitrogens with zero attached hydrogens (tertiary/aromatic N) is 1. The van der Waals surface area contributed by atoms with Crippen molar-refractivity contribution >= 4 is 33.3 Å². The number of ether oxygens (including phenoxy) is 1. The van der Waals surface area contributed by atoms with Gasteiger partial charge in [-0.1, -0.05) is 43.1 Å². The molecular formula is C18H24ClNO5S. The number of amides is 1. The maximum Gasteiger partial charge on any atom is 0.310 e. The molecule has 144 valence electrons. The minimum atomic E-state index is -3.09. The van der Waals surface area contributed by atoms with Gasteiger partial charge in [0.25, 0.3) is 5.91 Å². The number of sulfone groups is 1. The van der Waals surface area contributed by atoms with Crippen LogP contribution in [-0.2, 0) is 30.6 Å². The molecule has 0 saturated carbocycles. The molecule has 1 atom stereocenters. The molecule has 1 aliphatic heterocycles. The SMILES string of the molecule is CCCCN(C(=O)COC(=O)Cc1ccccc1Cl)C1CCS(=O)(=O)C1. The average Bonchev–Trinajstić information content (AvgIpc) is 2.95. The van der Waals surface area contributed by atoms with Crippen molar-refractivity contribution in [1.82, 2.24) is 4.90 Å². The number of hydrogen-bond donors (Lipinski definition) is 0. The van der Waals surface area contributed by atoms with Crippen molar-refractivity contribution in [2.24, 2.45) is 0 Å². The maximum atomic E-state index is 12.5. The molecule has 1 heterocycles. The molecule has 1 saturated heterocycles. The highest BCUT2D eigenvalue weighted by atomic mass is 35.5.